The van der Waals surface area contributed by atoms with Crippen molar-refractivity contribution in [3.05, 3.63) is 48.0 Å². The molecular formula is C22H18F5N3O4. The van der Waals surface area contributed by atoms with Gasteiger partial charge < -0.3 is 24.3 Å². The van der Waals surface area contributed by atoms with Gasteiger partial charge >= 0.3 is 6.18 Å². The molecule has 180 valence electrons. The molecule has 0 radical (unpaired) electrons. The van der Waals surface area contributed by atoms with Crippen LogP contribution in [0.5, 0.6) is 11.5 Å². The van der Waals surface area contributed by atoms with Gasteiger partial charge in [-0.05, 0) is 18.2 Å². The molecule has 0 spiro atoms. The van der Waals surface area contributed by atoms with Gasteiger partial charge in [0.1, 0.15) is 24.4 Å². The highest BCUT2D eigenvalue weighted by molar-refractivity contribution is 5.93. The topological polar surface area (TPSA) is 74.7 Å². The van der Waals surface area contributed by atoms with E-state index in [1.54, 1.807) is 6.07 Å². The van der Waals surface area contributed by atoms with E-state index in [4.69, 9.17) is 18.9 Å². The lowest BCUT2D eigenvalue weighted by atomic mass is 10.1. The molecule has 0 saturated carbocycles. The summed E-state index contributed by atoms with van der Waals surface area (Å²) in [5, 5.41) is 2.95. The van der Waals surface area contributed by atoms with Crippen molar-refractivity contribution in [3.63, 3.8) is 0 Å². The molecule has 12 heteroatoms. The van der Waals surface area contributed by atoms with Crippen molar-refractivity contribution in [3.8, 4) is 11.5 Å². The molecule has 0 bridgehead atoms. The first-order valence-corrected chi connectivity index (χ1v) is 10.3. The first-order valence-electron chi connectivity index (χ1n) is 10.3. The summed E-state index contributed by atoms with van der Waals surface area (Å²) in [6.45, 7) is 0.0563. The molecule has 2 aliphatic heterocycles. The quantitative estimate of drug-likeness (QED) is 0.539. The van der Waals surface area contributed by atoms with Gasteiger partial charge in [0.25, 0.3) is 0 Å². The normalized spacial score (nSPS) is 24.3. The Morgan fingerprint density at radius 1 is 1.06 bits per heavy atom. The number of anilines is 2. The fraction of sp³-hybridized carbons (Fsp3) is 0.364. The minimum absolute atomic E-state index is 0.0664. The molecule has 3 aromatic rings. The van der Waals surface area contributed by atoms with E-state index in [9.17, 15) is 22.0 Å². The molecular weight excluding hydrogens is 465 g/mol. The van der Waals surface area contributed by atoms with E-state index in [-0.39, 0.29) is 30.5 Å². The number of nitrogens with zero attached hydrogens (tertiary/aromatic N) is 2. The smallest absolute Gasteiger partial charge is 0.419 e. The number of rotatable bonds is 5. The van der Waals surface area contributed by atoms with Crippen LogP contribution in [0.4, 0.5) is 33.5 Å². The Kier molecular flexibility index (Phi) is 5.64. The van der Waals surface area contributed by atoms with E-state index in [0.29, 0.717) is 17.0 Å². The van der Waals surface area contributed by atoms with Gasteiger partial charge in [-0.3, -0.25) is 0 Å². The van der Waals surface area contributed by atoms with Crippen molar-refractivity contribution in [2.45, 2.75) is 30.7 Å². The van der Waals surface area contributed by atoms with Crippen molar-refractivity contribution in [1.82, 2.24) is 9.97 Å². The molecule has 2 saturated heterocycles. The van der Waals surface area contributed by atoms with Crippen LogP contribution in [-0.4, -0.2) is 54.8 Å². The van der Waals surface area contributed by atoms with Crippen LogP contribution in [0.1, 0.15) is 5.56 Å². The largest absolute Gasteiger partial charge is 0.493 e. The van der Waals surface area contributed by atoms with Crippen molar-refractivity contribution < 1.29 is 40.9 Å². The summed E-state index contributed by atoms with van der Waals surface area (Å²) in [7, 11) is 1.40. The van der Waals surface area contributed by atoms with Crippen LogP contribution in [0.25, 0.3) is 10.9 Å². The number of nitrogens with one attached hydrogen (secondary N) is 1. The minimum Gasteiger partial charge on any atom is -0.493 e. The second kappa shape index (κ2) is 8.51. The number of fused-ring (bicyclic) bond motifs is 2. The van der Waals surface area contributed by atoms with E-state index in [1.807, 2.05) is 0 Å². The van der Waals surface area contributed by atoms with Crippen LogP contribution >= 0.6 is 0 Å². The van der Waals surface area contributed by atoms with Gasteiger partial charge in [-0.2, -0.15) is 13.2 Å². The molecule has 1 N–H and O–H groups in total. The summed E-state index contributed by atoms with van der Waals surface area (Å²) < 4.78 is 89.9. The van der Waals surface area contributed by atoms with Crippen molar-refractivity contribution in [2.75, 3.05) is 25.6 Å². The zero-order chi connectivity index (χ0) is 24.0. The number of aromatic nitrogens is 2. The van der Waals surface area contributed by atoms with Gasteiger partial charge in [-0.25, -0.2) is 18.7 Å². The maximum absolute atomic E-state index is 14.5. The van der Waals surface area contributed by atoms with Gasteiger partial charge in [-0.15, -0.1) is 0 Å². The van der Waals surface area contributed by atoms with Crippen LogP contribution < -0.4 is 14.8 Å². The molecule has 7 nitrogen and oxygen atoms in total. The lowest BCUT2D eigenvalue weighted by molar-refractivity contribution is -0.139. The van der Waals surface area contributed by atoms with E-state index >= 15 is 0 Å². The maximum Gasteiger partial charge on any atom is 0.419 e. The van der Waals surface area contributed by atoms with Crippen molar-refractivity contribution in [2.24, 2.45) is 0 Å². The molecule has 0 amide bonds. The fourth-order valence-corrected chi connectivity index (χ4v) is 4.07. The predicted octanol–water partition coefficient (Wildman–Crippen LogP) is 4.42. The molecule has 34 heavy (non-hydrogen) atoms. The third kappa shape index (κ3) is 3.96. The van der Waals surface area contributed by atoms with Crippen molar-refractivity contribution >= 4 is 22.4 Å². The molecule has 4 atom stereocenters. The fourth-order valence-electron chi connectivity index (χ4n) is 4.07. The molecule has 1 aromatic heterocycles. The Hall–Kier alpha value is -3.25. The summed E-state index contributed by atoms with van der Waals surface area (Å²) >= 11 is 0. The lowest BCUT2D eigenvalue weighted by Crippen LogP contribution is -2.33. The third-order valence-corrected chi connectivity index (χ3v) is 5.70. The van der Waals surface area contributed by atoms with Crippen LogP contribution in [-0.2, 0) is 15.7 Å². The number of methoxy groups -OCH3 is 1. The SMILES string of the molecule is COc1cc2c(Nc3cccc(C(F)(F)F)c3F)ncnc2cc1OC1CO[C@H]2C(F)CO[C@@H]12. The average Bonchev–Trinajstić information content (AvgIpc) is 3.37. The second-order valence-electron chi connectivity index (χ2n) is 7.80. The van der Waals surface area contributed by atoms with E-state index in [0.717, 1.165) is 6.07 Å². The average molecular weight is 483 g/mol. The summed E-state index contributed by atoms with van der Waals surface area (Å²) in [6, 6.07) is 5.97. The molecule has 5 rings (SSSR count). The summed E-state index contributed by atoms with van der Waals surface area (Å²) in [5.74, 6) is -0.845. The highest BCUT2D eigenvalue weighted by Gasteiger charge is 2.49. The van der Waals surface area contributed by atoms with Crippen molar-refractivity contribution in [1.29, 1.82) is 0 Å². The highest BCUT2D eigenvalue weighted by Crippen LogP contribution is 2.39. The second-order valence-corrected chi connectivity index (χ2v) is 7.80. The monoisotopic (exact) mass is 483 g/mol. The summed E-state index contributed by atoms with van der Waals surface area (Å²) in [6.07, 6.45) is -6.74. The number of hydrogen-bond acceptors (Lipinski definition) is 7. The minimum atomic E-state index is -4.85. The number of alkyl halides is 4. The Labute approximate surface area is 189 Å². The number of hydrogen-bond donors (Lipinski definition) is 1. The lowest BCUT2D eigenvalue weighted by Gasteiger charge is -2.20. The standard InChI is InChI=1S/C22H18F5N3O4/c1-31-15-5-10-14(6-16(15)34-17-8-33-19-12(23)7-32-20(17)19)28-9-29-21(10)30-13-4-2-3-11(18(13)24)22(25,26)27/h2-6,9,12,17,19-20H,7-8H2,1H3,(H,28,29,30)/t12?,17?,19-,20-/m0/s1. The number of halogens is 5. The molecule has 0 aliphatic carbocycles. The van der Waals surface area contributed by atoms with E-state index in [1.165, 1.54) is 25.6 Å². The zero-order valence-electron chi connectivity index (χ0n) is 17.6. The summed E-state index contributed by atoms with van der Waals surface area (Å²) in [4.78, 5) is 8.22. The highest BCUT2D eigenvalue weighted by atomic mass is 19.4. The van der Waals surface area contributed by atoms with Crippen LogP contribution in [0.3, 0.4) is 0 Å². The Morgan fingerprint density at radius 2 is 1.85 bits per heavy atom. The first-order chi connectivity index (χ1) is 16.3. The van der Waals surface area contributed by atoms with Gasteiger partial charge in [0.05, 0.1) is 37.1 Å². The van der Waals surface area contributed by atoms with Gasteiger partial charge in [0, 0.05) is 11.5 Å². The van der Waals surface area contributed by atoms with Gasteiger partial charge in [0.15, 0.2) is 29.6 Å². The van der Waals surface area contributed by atoms with Crippen LogP contribution in [0, 0.1) is 5.82 Å². The van der Waals surface area contributed by atoms with Crippen LogP contribution in [0.15, 0.2) is 36.7 Å². The number of ether oxygens (including phenoxy) is 4. The Balaban J connectivity index is 1.47. The van der Waals surface area contributed by atoms with E-state index < -0.39 is 47.7 Å². The van der Waals surface area contributed by atoms with Gasteiger partial charge in [-0.1, -0.05) is 6.07 Å². The molecule has 2 fully saturated rings. The van der Waals surface area contributed by atoms with Gasteiger partial charge in [0.2, 0.25) is 0 Å². The predicted molar refractivity (Wildman–Crippen MR) is 110 cm³/mol. The summed E-state index contributed by atoms with van der Waals surface area (Å²) in [5.41, 5.74) is -1.44. The molecule has 2 aliphatic rings. The first kappa shape index (κ1) is 22.5. The third-order valence-electron chi connectivity index (χ3n) is 5.70. The van der Waals surface area contributed by atoms with Crippen LogP contribution in [0.2, 0.25) is 0 Å². The maximum atomic E-state index is 14.5. The van der Waals surface area contributed by atoms with E-state index in [2.05, 4.69) is 15.3 Å². The Morgan fingerprint density at radius 3 is 2.62 bits per heavy atom. The molecule has 2 unspecified atom stereocenters. The zero-order valence-corrected chi connectivity index (χ0v) is 17.6. The molecule has 3 heterocycles. The number of benzene rings is 2. The molecule has 2 aromatic carbocycles. The Bertz CT molecular complexity index is 1230.